The standard InChI is InChI=1S/C19H16Cl2N2S2/c1-10-5-4-6-12-15-17(19(2,3)22-16(10)12)25-23(18(15)24)11-7-8-13(20)14(21)9-11/h4-9,22H,1-3H3. The monoisotopic (exact) mass is 406 g/mol. The second-order valence-electron chi connectivity index (χ2n) is 6.74. The van der Waals surface area contributed by atoms with Gasteiger partial charge in [-0.05, 0) is 44.5 Å². The fraction of sp³-hybridized carbons (Fsp3) is 0.211. The molecule has 25 heavy (non-hydrogen) atoms. The van der Waals surface area contributed by atoms with E-state index in [2.05, 4.69) is 48.2 Å². The summed E-state index contributed by atoms with van der Waals surface area (Å²) in [6.45, 7) is 6.49. The molecule has 2 nitrogen and oxygen atoms in total. The molecule has 0 spiro atoms. The smallest absolute Gasteiger partial charge is 0.129 e. The molecule has 0 radical (unpaired) electrons. The topological polar surface area (TPSA) is 17.0 Å². The normalized spacial score (nSPS) is 14.6. The number of aryl methyl sites for hydroxylation is 1. The van der Waals surface area contributed by atoms with Gasteiger partial charge in [-0.1, -0.05) is 65.2 Å². The van der Waals surface area contributed by atoms with Gasteiger partial charge >= 0.3 is 0 Å². The quantitative estimate of drug-likeness (QED) is 0.429. The fourth-order valence-corrected chi connectivity index (χ4v) is 5.17. The fourth-order valence-electron chi connectivity index (χ4n) is 3.23. The van der Waals surface area contributed by atoms with Crippen molar-refractivity contribution in [2.45, 2.75) is 26.3 Å². The first-order valence-corrected chi connectivity index (χ1v) is 9.84. The van der Waals surface area contributed by atoms with E-state index in [1.165, 1.54) is 10.4 Å². The van der Waals surface area contributed by atoms with E-state index in [9.17, 15) is 0 Å². The average Bonchev–Trinajstić information content (AvgIpc) is 2.90. The minimum absolute atomic E-state index is 0.200. The Hall–Kier alpha value is -1.33. The highest BCUT2D eigenvalue weighted by molar-refractivity contribution is 7.71. The lowest BCUT2D eigenvalue weighted by atomic mass is 9.88. The van der Waals surface area contributed by atoms with Crippen molar-refractivity contribution in [1.29, 1.82) is 0 Å². The third-order valence-electron chi connectivity index (χ3n) is 4.49. The Morgan fingerprint density at radius 1 is 1.12 bits per heavy atom. The Kier molecular flexibility index (Phi) is 4.00. The maximum absolute atomic E-state index is 6.21. The van der Waals surface area contributed by atoms with Crippen molar-refractivity contribution in [3.63, 3.8) is 0 Å². The van der Waals surface area contributed by atoms with Gasteiger partial charge in [-0.25, -0.2) is 0 Å². The summed E-state index contributed by atoms with van der Waals surface area (Å²) in [6, 6.07) is 11.9. The Labute approximate surface area is 166 Å². The summed E-state index contributed by atoms with van der Waals surface area (Å²) >= 11 is 19.8. The predicted molar refractivity (Wildman–Crippen MR) is 111 cm³/mol. The van der Waals surface area contributed by atoms with Gasteiger partial charge in [0.05, 0.1) is 26.1 Å². The molecule has 6 heteroatoms. The van der Waals surface area contributed by atoms with Gasteiger partial charge in [0.15, 0.2) is 0 Å². The Bertz CT molecular complexity index is 1060. The molecular formula is C19H16Cl2N2S2. The molecule has 1 aliphatic rings. The van der Waals surface area contributed by atoms with Crippen molar-refractivity contribution in [1.82, 2.24) is 3.96 Å². The van der Waals surface area contributed by atoms with Crippen LogP contribution < -0.4 is 5.32 Å². The summed E-state index contributed by atoms with van der Waals surface area (Å²) in [6.07, 6.45) is 0. The van der Waals surface area contributed by atoms with Crippen LogP contribution in [0.25, 0.3) is 16.8 Å². The molecule has 1 aromatic heterocycles. The number of anilines is 1. The molecular weight excluding hydrogens is 391 g/mol. The predicted octanol–water partition coefficient (Wildman–Crippen LogP) is 7.21. The van der Waals surface area contributed by atoms with Crippen LogP contribution in [0.2, 0.25) is 10.0 Å². The summed E-state index contributed by atoms with van der Waals surface area (Å²) in [5.41, 5.74) is 5.41. The Morgan fingerprint density at radius 2 is 1.88 bits per heavy atom. The number of nitrogens with one attached hydrogen (secondary N) is 1. The molecule has 0 atom stereocenters. The van der Waals surface area contributed by atoms with Gasteiger partial charge in [0.2, 0.25) is 0 Å². The Morgan fingerprint density at radius 3 is 2.60 bits per heavy atom. The van der Waals surface area contributed by atoms with Crippen LogP contribution in [0.4, 0.5) is 5.69 Å². The number of benzene rings is 2. The highest BCUT2D eigenvalue weighted by Crippen LogP contribution is 2.48. The number of aromatic nitrogens is 1. The molecule has 128 valence electrons. The van der Waals surface area contributed by atoms with E-state index in [4.69, 9.17) is 35.4 Å². The van der Waals surface area contributed by atoms with Crippen LogP contribution in [0.5, 0.6) is 0 Å². The molecule has 0 unspecified atom stereocenters. The molecule has 0 amide bonds. The molecule has 0 fully saturated rings. The molecule has 0 saturated heterocycles. The molecule has 2 aromatic carbocycles. The second kappa shape index (κ2) is 5.85. The molecule has 2 heterocycles. The first kappa shape index (κ1) is 17.1. The third kappa shape index (κ3) is 2.63. The molecule has 0 bridgehead atoms. The van der Waals surface area contributed by atoms with Crippen LogP contribution in [-0.4, -0.2) is 3.96 Å². The van der Waals surface area contributed by atoms with Crippen LogP contribution in [0, 0.1) is 11.6 Å². The van der Waals surface area contributed by atoms with Gasteiger partial charge < -0.3 is 5.32 Å². The lowest BCUT2D eigenvalue weighted by Gasteiger charge is -2.34. The van der Waals surface area contributed by atoms with Gasteiger partial charge in [-0.3, -0.25) is 3.96 Å². The number of para-hydroxylation sites is 1. The van der Waals surface area contributed by atoms with E-state index in [1.807, 2.05) is 12.1 Å². The van der Waals surface area contributed by atoms with Crippen LogP contribution in [0.1, 0.15) is 24.3 Å². The van der Waals surface area contributed by atoms with Gasteiger partial charge in [0.25, 0.3) is 0 Å². The van der Waals surface area contributed by atoms with Gasteiger partial charge in [0.1, 0.15) is 4.64 Å². The highest BCUT2D eigenvalue weighted by Gasteiger charge is 2.35. The number of halogens is 2. The van der Waals surface area contributed by atoms with Gasteiger partial charge in [-0.2, -0.15) is 0 Å². The number of hydrogen-bond donors (Lipinski definition) is 1. The largest absolute Gasteiger partial charge is 0.374 e. The molecule has 0 saturated carbocycles. The summed E-state index contributed by atoms with van der Waals surface area (Å²) in [4.78, 5) is 1.22. The van der Waals surface area contributed by atoms with E-state index >= 15 is 0 Å². The van der Waals surface area contributed by atoms with Crippen molar-refractivity contribution in [3.05, 3.63) is 61.5 Å². The molecule has 3 aromatic rings. The number of fused-ring (bicyclic) bond motifs is 3. The third-order valence-corrected chi connectivity index (χ3v) is 7.21. The molecule has 0 aliphatic carbocycles. The summed E-state index contributed by atoms with van der Waals surface area (Å²) < 4.78 is 2.86. The zero-order chi connectivity index (χ0) is 17.9. The molecule has 1 aliphatic heterocycles. The second-order valence-corrected chi connectivity index (χ2v) is 8.90. The summed E-state index contributed by atoms with van der Waals surface area (Å²) in [7, 11) is 0. The SMILES string of the molecule is Cc1cccc2c1NC(C)(C)c1sn(-c3ccc(Cl)c(Cl)c3)c(=S)c1-2. The van der Waals surface area contributed by atoms with Crippen molar-refractivity contribution < 1.29 is 0 Å². The number of hydrogen-bond acceptors (Lipinski definition) is 3. The summed E-state index contributed by atoms with van der Waals surface area (Å²) in [5, 5.41) is 4.75. The van der Waals surface area contributed by atoms with E-state index < -0.39 is 0 Å². The molecule has 4 rings (SSSR count). The first-order chi connectivity index (χ1) is 11.8. The van der Waals surface area contributed by atoms with E-state index in [0.29, 0.717) is 10.0 Å². The van der Waals surface area contributed by atoms with Gasteiger partial charge in [0, 0.05) is 16.8 Å². The van der Waals surface area contributed by atoms with Crippen LogP contribution >= 0.6 is 47.0 Å². The molecule has 1 N–H and O–H groups in total. The zero-order valence-corrected chi connectivity index (χ0v) is 17.1. The maximum Gasteiger partial charge on any atom is 0.129 e. The lowest BCUT2D eigenvalue weighted by molar-refractivity contribution is 0.619. The van der Waals surface area contributed by atoms with Crippen molar-refractivity contribution in [3.8, 4) is 16.8 Å². The first-order valence-electron chi connectivity index (χ1n) is 7.90. The zero-order valence-electron chi connectivity index (χ0n) is 14.0. The number of rotatable bonds is 1. The lowest BCUT2D eigenvalue weighted by Crippen LogP contribution is -2.31. The van der Waals surface area contributed by atoms with E-state index in [0.717, 1.165) is 27.1 Å². The maximum atomic E-state index is 6.21. The average molecular weight is 407 g/mol. The van der Waals surface area contributed by atoms with E-state index in [-0.39, 0.29) is 5.54 Å². The van der Waals surface area contributed by atoms with Crippen LogP contribution in [0.3, 0.4) is 0 Å². The highest BCUT2D eigenvalue weighted by atomic mass is 35.5. The van der Waals surface area contributed by atoms with Crippen LogP contribution in [-0.2, 0) is 5.54 Å². The van der Waals surface area contributed by atoms with Crippen molar-refractivity contribution >= 4 is 52.6 Å². The van der Waals surface area contributed by atoms with Crippen molar-refractivity contribution in [2.75, 3.05) is 5.32 Å². The minimum atomic E-state index is -0.200. The number of nitrogens with zero attached hydrogens (tertiary/aromatic N) is 1. The summed E-state index contributed by atoms with van der Waals surface area (Å²) in [5.74, 6) is 0. The Balaban J connectivity index is 2.02. The van der Waals surface area contributed by atoms with Crippen LogP contribution in [0.15, 0.2) is 36.4 Å². The van der Waals surface area contributed by atoms with Crippen molar-refractivity contribution in [2.24, 2.45) is 0 Å². The minimum Gasteiger partial charge on any atom is -0.374 e. The van der Waals surface area contributed by atoms with E-state index in [1.54, 1.807) is 17.6 Å². The van der Waals surface area contributed by atoms with Gasteiger partial charge in [-0.15, -0.1) is 0 Å².